The number of nitrogens with zero attached hydrogens (tertiary/aromatic N) is 8. The van der Waals surface area contributed by atoms with Gasteiger partial charge in [0, 0.05) is 2.85 Å². The van der Waals surface area contributed by atoms with Crippen molar-refractivity contribution in [2.75, 3.05) is 7.05 Å². The van der Waals surface area contributed by atoms with E-state index in [-0.39, 0.29) is 70.0 Å². The Hall–Kier alpha value is -10.0. The minimum atomic E-state index is -0.877. The van der Waals surface area contributed by atoms with Gasteiger partial charge in [0.2, 0.25) is 4.91 Å². The second-order valence-electron chi connectivity index (χ2n) is 20.9. The number of hydrogen-bond acceptors (Lipinski definition) is 6. The van der Waals surface area contributed by atoms with Crippen LogP contribution in [0.5, 0.6) is 0 Å². The number of nitrogens with one attached hydrogen (secondary N) is 1. The molecule has 0 fully saturated rings. The predicted octanol–water partition coefficient (Wildman–Crippen LogP) is 14.9. The summed E-state index contributed by atoms with van der Waals surface area (Å²) in [6, 6.07) is 127. The molecule has 516 valence electrons. The predicted molar refractivity (Wildman–Crippen MR) is 426 cm³/mol. The van der Waals surface area contributed by atoms with Crippen molar-refractivity contribution < 1.29 is 70.0 Å². The molecule has 1 N–H and O–H groups in total. The van der Waals surface area contributed by atoms with E-state index >= 15 is 0 Å². The van der Waals surface area contributed by atoms with Crippen LogP contribution in [0.2, 0.25) is 0 Å². The summed E-state index contributed by atoms with van der Waals surface area (Å²) in [6.45, 7) is 3.81. The van der Waals surface area contributed by atoms with Gasteiger partial charge in [-0.05, 0) is 181 Å². The van der Waals surface area contributed by atoms with Gasteiger partial charge in [0.1, 0.15) is 65.4 Å². The van der Waals surface area contributed by atoms with Gasteiger partial charge in [-0.15, -0.1) is 30.5 Å². The van der Waals surface area contributed by atoms with Crippen LogP contribution in [-0.4, -0.2) is 27.7 Å². The molecule has 0 aliphatic carbocycles. The molecule has 2 heterocycles. The quantitative estimate of drug-likeness (QED) is 0.0343. The summed E-state index contributed by atoms with van der Waals surface area (Å²) < 4.78 is 0. The summed E-state index contributed by atoms with van der Waals surface area (Å²) >= 11 is 0. The molecule has 0 radical (unpaired) electrons. The molecule has 0 spiro atoms. The molecule has 15 heteroatoms. The van der Waals surface area contributed by atoms with Gasteiger partial charge in [0.15, 0.2) is 0 Å². The van der Waals surface area contributed by atoms with Crippen LogP contribution in [0.25, 0.3) is 22.5 Å². The Bertz CT molecular complexity index is 4090. The van der Waals surface area contributed by atoms with Gasteiger partial charge >= 0.3 is 67.1 Å². The first-order valence-corrected chi connectivity index (χ1v) is 36.1. The smallest absolute Gasteiger partial charge is 0.366 e. The molecule has 14 aromatic rings. The fraction of sp³-hybridized carbons (Fsp3) is 0.0345. The SMILES string of the molecule is C#CC#CC#C.CN=[N+]=N.Cc1[n-]nnc1-c1ccccc1.Cc1nn[n-]c1-c1ccccc1.[Au+].[Au+].[Au+].[C-]#Cc1ccccc1.[HH].[HH].c1ccc([PH+](c2ccccc2)c2ccccc2)cc1.c1ccc([PH+](c2ccccc2)c2ccccc2)cc1.c1ccc([PH+](c2ccccc2)c2ccccc2)cc1. The number of aromatic nitrogens is 6. The molecule has 14 rings (SSSR count). The average Bonchev–Trinajstić information content (AvgIpc) is 1.23. The minimum absolute atomic E-state index is 0. The van der Waals surface area contributed by atoms with E-state index in [0.29, 0.717) is 0 Å². The third-order valence-electron chi connectivity index (χ3n) is 14.2. The van der Waals surface area contributed by atoms with Gasteiger partial charge in [0.25, 0.3) is 0 Å². The van der Waals surface area contributed by atoms with Crippen molar-refractivity contribution >= 4 is 71.5 Å². The first kappa shape index (κ1) is 84.4. The van der Waals surface area contributed by atoms with E-state index in [0.717, 1.165) is 39.5 Å². The standard InChI is InChI=1S/3C18H15P.2C9H8N3.C8H5.C6H2.CH4N3.3Au.2H2/c3*1-4-10-16(11-5-1)19(17-12-6-2-7-13-17)18-14-8-3-9-15-18;2*1-7-9(11-12-10-7)8-5-3-2-4-6-8;1-2-8-6-4-3-5-7-8;1-3-5-6-4-2;1-3-4-2;;;;;/h3*1-15H;2*2-6H,1H3;3-7H;1-2H;2H,1H3;;;;2*1H/q;;;3*-1;;4*+1;;/p+3. The van der Waals surface area contributed by atoms with E-state index < -0.39 is 23.8 Å². The van der Waals surface area contributed by atoms with Gasteiger partial charge in [-0.2, -0.15) is 0 Å². The molecule has 9 nitrogen and oxygen atoms in total. The topological polar surface area (TPSA) is 130 Å². The molecule has 0 aliphatic heterocycles. The van der Waals surface area contributed by atoms with Crippen molar-refractivity contribution in [3.63, 3.8) is 0 Å². The fourth-order valence-electron chi connectivity index (χ4n) is 9.77. The largest absolute Gasteiger partial charge is 1.00 e. The molecule has 102 heavy (non-hydrogen) atoms. The molecule has 0 unspecified atom stereocenters. The van der Waals surface area contributed by atoms with Crippen LogP contribution in [-0.2, 0) is 67.1 Å². The van der Waals surface area contributed by atoms with Crippen molar-refractivity contribution in [1.82, 2.24) is 35.7 Å². The van der Waals surface area contributed by atoms with Gasteiger partial charge in [-0.3, -0.25) is 16.3 Å². The maximum atomic E-state index is 6.69. The van der Waals surface area contributed by atoms with Crippen LogP contribution in [0, 0.1) is 68.3 Å². The molecular weight excluding hydrogens is 1850 g/mol. The summed E-state index contributed by atoms with van der Waals surface area (Å²) in [5, 5.41) is 38.7. The van der Waals surface area contributed by atoms with Crippen LogP contribution in [0.4, 0.5) is 0 Å². The van der Waals surface area contributed by atoms with E-state index in [1.165, 1.54) is 54.8 Å². The molecular formula is C87H79Au3N9P3+4. The number of terminal acetylenes is 2. The van der Waals surface area contributed by atoms with Crippen LogP contribution < -0.4 is 62.8 Å². The Balaban J connectivity index is 0.000000416. The van der Waals surface area contributed by atoms with Gasteiger partial charge < -0.3 is 26.8 Å². The maximum absolute atomic E-state index is 6.69. The van der Waals surface area contributed by atoms with Crippen LogP contribution in [0.1, 0.15) is 19.8 Å². The van der Waals surface area contributed by atoms with E-state index in [4.69, 9.17) is 24.8 Å². The number of rotatable bonds is 11. The molecule has 0 aliphatic rings. The molecule has 0 bridgehead atoms. The summed E-state index contributed by atoms with van der Waals surface area (Å²) in [5.74, 6) is 10.9. The number of benzene rings is 12. The zero-order valence-electron chi connectivity index (χ0n) is 56.3. The maximum Gasteiger partial charge on any atom is 1.00 e. The van der Waals surface area contributed by atoms with Crippen LogP contribution in [0.3, 0.4) is 0 Å². The summed E-state index contributed by atoms with van der Waals surface area (Å²) in [4.78, 5) is 2.61. The van der Waals surface area contributed by atoms with Crippen molar-refractivity contribution in [1.29, 1.82) is 5.53 Å². The second kappa shape index (κ2) is 51.2. The summed E-state index contributed by atoms with van der Waals surface area (Å²) in [5.41, 5.74) is 12.4. The average molecular weight is 1930 g/mol. The first-order valence-electron chi connectivity index (χ1n) is 31.6. The number of hydrogen-bond donors (Lipinski definition) is 1. The summed E-state index contributed by atoms with van der Waals surface area (Å²) in [7, 11) is -1.18. The Labute approximate surface area is 655 Å². The van der Waals surface area contributed by atoms with Crippen molar-refractivity contribution in [2.24, 2.45) is 5.11 Å². The molecule has 12 aromatic carbocycles. The Morgan fingerprint density at radius 2 is 0.588 bits per heavy atom. The van der Waals surface area contributed by atoms with Crippen LogP contribution >= 0.6 is 23.8 Å². The van der Waals surface area contributed by atoms with Crippen molar-refractivity contribution in [2.45, 2.75) is 13.8 Å². The Kier molecular flexibility index (Phi) is 42.3. The zero-order chi connectivity index (χ0) is 69.6. The number of aryl methyl sites for hydroxylation is 2. The summed E-state index contributed by atoms with van der Waals surface area (Å²) in [6.07, 6.45) is 16.1. The Morgan fingerprint density at radius 3 is 0.775 bits per heavy atom. The van der Waals surface area contributed by atoms with E-state index in [9.17, 15) is 0 Å². The minimum Gasteiger partial charge on any atom is -0.366 e. The monoisotopic (exact) mass is 1930 g/mol. The van der Waals surface area contributed by atoms with E-state index in [2.05, 4.69) is 343 Å². The molecule has 0 saturated heterocycles. The van der Waals surface area contributed by atoms with Gasteiger partial charge in [0.05, 0.1) is 23.8 Å². The fourth-order valence-corrected chi connectivity index (χ4v) is 17.5. The van der Waals surface area contributed by atoms with Crippen molar-refractivity contribution in [3.8, 4) is 65.0 Å². The van der Waals surface area contributed by atoms with Gasteiger partial charge in [-0.1, -0.05) is 243 Å². The second-order valence-corrected chi connectivity index (χ2v) is 28.4. The van der Waals surface area contributed by atoms with E-state index in [1.54, 1.807) is 0 Å². The first-order chi connectivity index (χ1) is 48.9. The normalized spacial score (nSPS) is 9.25. The molecule has 0 amide bonds. The molecule has 0 atom stereocenters. The van der Waals surface area contributed by atoms with E-state index in [1.807, 2.05) is 105 Å². The Morgan fingerprint density at radius 1 is 0.363 bits per heavy atom. The molecule has 0 saturated carbocycles. The van der Waals surface area contributed by atoms with Gasteiger partial charge in [-0.25, -0.2) is 0 Å². The third kappa shape index (κ3) is 29.3. The zero-order valence-corrected chi connectivity index (χ0v) is 65.8. The van der Waals surface area contributed by atoms with Crippen LogP contribution in [0.15, 0.2) is 369 Å². The third-order valence-corrected chi connectivity index (χ3v) is 22.4. The van der Waals surface area contributed by atoms with Crippen molar-refractivity contribution in [3.05, 3.63) is 387 Å². The molecule has 2 aromatic heterocycles.